The Morgan fingerprint density at radius 3 is 1.82 bits per heavy atom. The van der Waals surface area contributed by atoms with Crippen molar-refractivity contribution in [3.05, 3.63) is 52.6 Å². The minimum Gasteiger partial charge on any atom is -0.475 e. The molecule has 0 fully saturated rings. The Morgan fingerprint density at radius 2 is 1.27 bits per heavy atom. The molecule has 1 heterocycles. The Morgan fingerprint density at radius 1 is 0.758 bits per heavy atom. The monoisotopic (exact) mass is 547 g/mol. The molecule has 0 saturated carbocycles. The van der Waals surface area contributed by atoms with Gasteiger partial charge in [0.15, 0.2) is 0 Å². The number of rotatable bonds is 18. The highest BCUT2D eigenvalue weighted by molar-refractivity contribution is 9.10. The lowest BCUT2D eigenvalue weighted by Gasteiger charge is -2.09. The average molecular weight is 548 g/mol. The number of ether oxygens (including phenoxy) is 5. The molecule has 0 amide bonds. The second kappa shape index (κ2) is 16.1. The predicted molar refractivity (Wildman–Crippen MR) is 125 cm³/mol. The molecule has 2 aromatic rings. The highest BCUT2D eigenvalue weighted by atomic mass is 79.9. The number of aryl methyl sites for hydroxylation is 1. The zero-order valence-corrected chi connectivity index (χ0v) is 21.0. The normalized spacial score (nSPS) is 11.6. The molecule has 0 bridgehead atoms. The van der Waals surface area contributed by atoms with Gasteiger partial charge in [-0.2, -0.15) is 8.42 Å². The topological polar surface area (TPSA) is 102 Å². The summed E-state index contributed by atoms with van der Waals surface area (Å²) in [5.41, 5.74) is 0.979. The highest BCUT2D eigenvalue weighted by Gasteiger charge is 2.14. The molecule has 0 unspecified atom stereocenters. The van der Waals surface area contributed by atoms with Gasteiger partial charge in [0, 0.05) is 16.7 Å². The van der Waals surface area contributed by atoms with E-state index in [1.807, 2.05) is 13.0 Å². The summed E-state index contributed by atoms with van der Waals surface area (Å²) in [5, 5.41) is 0. The summed E-state index contributed by atoms with van der Waals surface area (Å²) in [6.45, 7) is 5.36. The van der Waals surface area contributed by atoms with E-state index >= 15 is 0 Å². The molecule has 9 nitrogen and oxygen atoms in total. The van der Waals surface area contributed by atoms with Crippen LogP contribution in [0.4, 0.5) is 0 Å². The standard InChI is InChI=1S/C22H30BrNO8S/c1-19-2-4-21(5-3-19)33(25,26)32-17-15-30-13-11-28-9-8-27-10-12-29-14-16-31-22-18-20(23)6-7-24-22/h2-7,18H,8-17H2,1H3. The van der Waals surface area contributed by atoms with Gasteiger partial charge in [-0.25, -0.2) is 4.98 Å². The van der Waals surface area contributed by atoms with Crippen LogP contribution >= 0.6 is 15.9 Å². The number of benzene rings is 1. The van der Waals surface area contributed by atoms with Gasteiger partial charge in [0.2, 0.25) is 5.88 Å². The van der Waals surface area contributed by atoms with Crippen LogP contribution in [0.2, 0.25) is 0 Å². The van der Waals surface area contributed by atoms with Crippen LogP contribution in [-0.4, -0.2) is 79.5 Å². The van der Waals surface area contributed by atoms with Crippen molar-refractivity contribution in [3.8, 4) is 5.88 Å². The smallest absolute Gasteiger partial charge is 0.297 e. The van der Waals surface area contributed by atoms with Gasteiger partial charge in [-0.3, -0.25) is 4.18 Å². The van der Waals surface area contributed by atoms with Crippen LogP contribution in [-0.2, 0) is 33.2 Å². The van der Waals surface area contributed by atoms with E-state index in [1.165, 1.54) is 12.1 Å². The van der Waals surface area contributed by atoms with Crippen molar-refractivity contribution in [2.24, 2.45) is 0 Å². The number of pyridine rings is 1. The fourth-order valence-electron chi connectivity index (χ4n) is 2.41. The van der Waals surface area contributed by atoms with Crippen molar-refractivity contribution in [2.45, 2.75) is 11.8 Å². The summed E-state index contributed by atoms with van der Waals surface area (Å²) in [7, 11) is -3.76. The molecular formula is C22H30BrNO8S. The maximum Gasteiger partial charge on any atom is 0.297 e. The molecule has 2 rings (SSSR count). The fourth-order valence-corrected chi connectivity index (χ4v) is 3.61. The largest absolute Gasteiger partial charge is 0.475 e. The lowest BCUT2D eigenvalue weighted by atomic mass is 10.2. The van der Waals surface area contributed by atoms with Crippen LogP contribution in [0.15, 0.2) is 52.0 Å². The lowest BCUT2D eigenvalue weighted by Crippen LogP contribution is -2.15. The second-order valence-corrected chi connectivity index (χ2v) is 9.23. The van der Waals surface area contributed by atoms with Crippen molar-refractivity contribution < 1.29 is 36.3 Å². The Labute approximate surface area is 203 Å². The van der Waals surface area contributed by atoms with Crippen molar-refractivity contribution in [3.63, 3.8) is 0 Å². The fraction of sp³-hybridized carbons (Fsp3) is 0.500. The third kappa shape index (κ3) is 12.4. The van der Waals surface area contributed by atoms with Gasteiger partial charge in [-0.15, -0.1) is 0 Å². The number of nitrogens with zero attached hydrogens (tertiary/aromatic N) is 1. The maximum atomic E-state index is 12.0. The van der Waals surface area contributed by atoms with Gasteiger partial charge in [-0.05, 0) is 25.1 Å². The first-order chi connectivity index (χ1) is 16.0. The van der Waals surface area contributed by atoms with Crippen LogP contribution in [0.25, 0.3) is 0 Å². The quantitative estimate of drug-likeness (QED) is 0.206. The zero-order valence-electron chi connectivity index (χ0n) is 18.6. The van der Waals surface area contributed by atoms with Gasteiger partial charge in [0.1, 0.15) is 6.61 Å². The molecule has 0 saturated heterocycles. The first-order valence-corrected chi connectivity index (χ1v) is 12.7. The molecule has 0 atom stereocenters. The summed E-state index contributed by atoms with van der Waals surface area (Å²) in [4.78, 5) is 4.21. The van der Waals surface area contributed by atoms with Crippen LogP contribution in [0.5, 0.6) is 5.88 Å². The molecule has 0 radical (unpaired) electrons. The average Bonchev–Trinajstić information content (AvgIpc) is 2.79. The van der Waals surface area contributed by atoms with Crippen LogP contribution in [0.3, 0.4) is 0 Å². The summed E-state index contributed by atoms with van der Waals surface area (Å²) in [6.07, 6.45) is 1.66. The third-order valence-electron chi connectivity index (χ3n) is 4.07. The van der Waals surface area contributed by atoms with E-state index in [-0.39, 0.29) is 18.1 Å². The number of hydrogen-bond donors (Lipinski definition) is 0. The van der Waals surface area contributed by atoms with Crippen molar-refractivity contribution in [1.29, 1.82) is 0 Å². The molecule has 1 aromatic carbocycles. The lowest BCUT2D eigenvalue weighted by molar-refractivity contribution is -0.00693. The Kier molecular flexibility index (Phi) is 13.5. The van der Waals surface area contributed by atoms with Crippen molar-refractivity contribution in [1.82, 2.24) is 4.98 Å². The van der Waals surface area contributed by atoms with Crippen LogP contribution in [0.1, 0.15) is 5.56 Å². The number of hydrogen-bond acceptors (Lipinski definition) is 9. The third-order valence-corrected chi connectivity index (χ3v) is 5.89. The van der Waals surface area contributed by atoms with E-state index in [4.69, 9.17) is 27.9 Å². The highest BCUT2D eigenvalue weighted by Crippen LogP contribution is 2.14. The Bertz CT molecular complexity index is 896. The minimum absolute atomic E-state index is 0.0518. The zero-order chi connectivity index (χ0) is 23.8. The maximum absolute atomic E-state index is 12.0. The first-order valence-electron chi connectivity index (χ1n) is 10.5. The van der Waals surface area contributed by atoms with E-state index in [1.54, 1.807) is 24.4 Å². The van der Waals surface area contributed by atoms with Gasteiger partial charge >= 0.3 is 0 Å². The summed E-state index contributed by atoms with van der Waals surface area (Å²) >= 11 is 3.35. The van der Waals surface area contributed by atoms with Gasteiger partial charge in [0.05, 0.1) is 64.4 Å². The summed E-state index contributed by atoms with van der Waals surface area (Å²) in [6, 6.07) is 10.1. The Hall–Kier alpha value is -1.60. The predicted octanol–water partition coefficient (Wildman–Crippen LogP) is 3.00. The summed E-state index contributed by atoms with van der Waals surface area (Å²) in [5.74, 6) is 0.546. The first kappa shape index (κ1) is 27.6. The molecule has 0 aliphatic carbocycles. The molecule has 0 N–H and O–H groups in total. The number of aromatic nitrogens is 1. The molecule has 184 valence electrons. The van der Waals surface area contributed by atoms with Crippen molar-refractivity contribution in [2.75, 3.05) is 66.1 Å². The van der Waals surface area contributed by atoms with Gasteiger partial charge in [-0.1, -0.05) is 33.6 Å². The van der Waals surface area contributed by atoms with Gasteiger partial charge in [0.25, 0.3) is 10.1 Å². The second-order valence-electron chi connectivity index (χ2n) is 6.70. The molecule has 0 spiro atoms. The summed E-state index contributed by atoms with van der Waals surface area (Å²) < 4.78 is 56.9. The molecule has 1 aromatic heterocycles. The minimum atomic E-state index is -3.76. The molecule has 0 aliphatic rings. The van der Waals surface area contributed by atoms with Crippen LogP contribution < -0.4 is 4.74 Å². The SMILES string of the molecule is Cc1ccc(S(=O)(=O)OCCOCCOCCOCCOCCOc2cc(Br)ccn2)cc1. The molecule has 0 aliphatic heterocycles. The van der Waals surface area contributed by atoms with E-state index in [9.17, 15) is 8.42 Å². The van der Waals surface area contributed by atoms with Crippen molar-refractivity contribution >= 4 is 26.0 Å². The van der Waals surface area contributed by atoms with E-state index in [0.717, 1.165) is 10.0 Å². The molecule has 33 heavy (non-hydrogen) atoms. The van der Waals surface area contributed by atoms with Gasteiger partial charge < -0.3 is 23.7 Å². The van der Waals surface area contributed by atoms with E-state index in [2.05, 4.69) is 20.9 Å². The molecule has 11 heteroatoms. The molecular weight excluding hydrogens is 518 g/mol. The Balaban J connectivity index is 1.33. The van der Waals surface area contributed by atoms with Crippen LogP contribution in [0, 0.1) is 6.92 Å². The van der Waals surface area contributed by atoms with E-state index in [0.29, 0.717) is 58.7 Å². The number of halogens is 1. The van der Waals surface area contributed by atoms with E-state index < -0.39 is 10.1 Å².